The van der Waals surface area contributed by atoms with Gasteiger partial charge in [0.1, 0.15) is 29.4 Å². The van der Waals surface area contributed by atoms with Crippen LogP contribution >= 0.6 is 11.6 Å². The molecular formula is C41H42ClF2N9O6. The Morgan fingerprint density at radius 2 is 1.64 bits per heavy atom. The maximum Gasteiger partial charge on any atom is 0.272 e. The maximum absolute atomic E-state index is 15.9. The molecule has 3 saturated heterocycles. The highest BCUT2D eigenvalue weighted by atomic mass is 35.5. The number of halogens is 3. The number of nitrogens with zero attached hydrogens (tertiary/aromatic N) is 7. The summed E-state index contributed by atoms with van der Waals surface area (Å²) < 4.78 is 37.4. The van der Waals surface area contributed by atoms with E-state index in [1.807, 2.05) is 12.1 Å². The molecule has 0 spiro atoms. The molecule has 308 valence electrons. The van der Waals surface area contributed by atoms with Crippen LogP contribution in [0.5, 0.6) is 5.75 Å². The van der Waals surface area contributed by atoms with Crippen LogP contribution in [0.15, 0.2) is 36.4 Å². The third kappa shape index (κ3) is 8.28. The predicted molar refractivity (Wildman–Crippen MR) is 209 cm³/mol. The smallest absolute Gasteiger partial charge is 0.272 e. The first-order valence-electron chi connectivity index (χ1n) is 19.9. The van der Waals surface area contributed by atoms with E-state index in [0.717, 1.165) is 64.2 Å². The SMILES string of the molecule is N#Cc1ccc(O[C@H]2CC[C@H](NC(=O)c3ccc(N4CCC(CN5CCN(c6c(F)cc7c(c6F)C(=O)N(C6CCC(=O)NC6=O)C7=O)CC5)CC4)nn3)CC2)cc1Cl. The van der Waals surface area contributed by atoms with E-state index in [9.17, 15) is 24.0 Å². The van der Waals surface area contributed by atoms with E-state index in [-0.39, 0.29) is 42.3 Å². The van der Waals surface area contributed by atoms with Crippen molar-refractivity contribution >= 4 is 52.6 Å². The van der Waals surface area contributed by atoms with E-state index in [1.54, 1.807) is 29.2 Å². The number of imide groups is 2. The van der Waals surface area contributed by atoms with Crippen molar-refractivity contribution in [2.75, 3.05) is 55.6 Å². The van der Waals surface area contributed by atoms with Gasteiger partial charge in [-0.3, -0.25) is 39.1 Å². The number of hydrogen-bond acceptors (Lipinski definition) is 12. The zero-order chi connectivity index (χ0) is 41.4. The lowest BCUT2D eigenvalue weighted by Crippen LogP contribution is -2.54. The number of hydrogen-bond donors (Lipinski definition) is 2. The number of benzene rings is 2. The van der Waals surface area contributed by atoms with E-state index >= 15 is 8.78 Å². The molecule has 15 nitrogen and oxygen atoms in total. The Morgan fingerprint density at radius 1 is 0.898 bits per heavy atom. The Hall–Kier alpha value is -5.73. The average molecular weight is 830 g/mol. The van der Waals surface area contributed by atoms with Crippen molar-refractivity contribution in [1.29, 1.82) is 5.26 Å². The highest BCUT2D eigenvalue weighted by Gasteiger charge is 2.47. The fraction of sp³-hybridized carbons (Fsp3) is 0.463. The fourth-order valence-corrected chi connectivity index (χ4v) is 8.96. The van der Waals surface area contributed by atoms with Gasteiger partial charge in [0, 0.05) is 64.3 Å². The Kier molecular flexibility index (Phi) is 11.5. The summed E-state index contributed by atoms with van der Waals surface area (Å²) in [7, 11) is 0. The number of nitriles is 1. The van der Waals surface area contributed by atoms with Crippen LogP contribution in [-0.4, -0.2) is 114 Å². The van der Waals surface area contributed by atoms with Gasteiger partial charge in [-0.15, -0.1) is 10.2 Å². The second-order valence-corrected chi connectivity index (χ2v) is 16.1. The molecule has 3 aromatic rings. The van der Waals surface area contributed by atoms with Crippen molar-refractivity contribution < 1.29 is 37.5 Å². The van der Waals surface area contributed by atoms with Gasteiger partial charge >= 0.3 is 0 Å². The monoisotopic (exact) mass is 829 g/mol. The number of amides is 5. The summed E-state index contributed by atoms with van der Waals surface area (Å²) in [4.78, 5) is 69.9. The summed E-state index contributed by atoms with van der Waals surface area (Å²) in [6, 6.07) is 10.2. The second kappa shape index (κ2) is 16.9. The maximum atomic E-state index is 15.9. The van der Waals surface area contributed by atoms with Gasteiger partial charge in [0.15, 0.2) is 17.3 Å². The second-order valence-electron chi connectivity index (χ2n) is 15.7. The summed E-state index contributed by atoms with van der Waals surface area (Å²) >= 11 is 6.13. The fourth-order valence-electron chi connectivity index (χ4n) is 8.75. The van der Waals surface area contributed by atoms with Crippen LogP contribution in [0.1, 0.15) is 88.1 Å². The molecule has 2 N–H and O–H groups in total. The van der Waals surface area contributed by atoms with Crippen LogP contribution in [0.25, 0.3) is 0 Å². The van der Waals surface area contributed by atoms with Crippen LogP contribution in [-0.2, 0) is 9.59 Å². The Morgan fingerprint density at radius 3 is 2.31 bits per heavy atom. The number of carbonyl (C=O) groups is 5. The van der Waals surface area contributed by atoms with Crippen molar-refractivity contribution in [1.82, 2.24) is 30.6 Å². The number of piperidine rings is 2. The lowest BCUT2D eigenvalue weighted by atomic mass is 9.93. The molecule has 5 heterocycles. The highest BCUT2D eigenvalue weighted by molar-refractivity contribution is 6.31. The summed E-state index contributed by atoms with van der Waals surface area (Å²) in [5, 5.41) is 23.2. The largest absolute Gasteiger partial charge is 0.490 e. The molecule has 1 saturated carbocycles. The minimum atomic E-state index is -1.28. The molecule has 8 rings (SSSR count). The van der Waals surface area contributed by atoms with Crippen molar-refractivity contribution in [2.45, 2.75) is 69.6 Å². The zero-order valence-electron chi connectivity index (χ0n) is 32.1. The van der Waals surface area contributed by atoms with Gasteiger partial charge in [-0.05, 0) is 81.2 Å². The van der Waals surface area contributed by atoms with Crippen LogP contribution in [0.2, 0.25) is 5.02 Å². The number of rotatable bonds is 9. The highest BCUT2D eigenvalue weighted by Crippen LogP contribution is 2.37. The van der Waals surface area contributed by atoms with Crippen molar-refractivity contribution in [2.24, 2.45) is 5.92 Å². The molecule has 1 aliphatic carbocycles. The van der Waals surface area contributed by atoms with Gasteiger partial charge < -0.3 is 19.9 Å². The molecule has 1 atom stereocenters. The molecule has 5 aliphatic rings. The van der Waals surface area contributed by atoms with Gasteiger partial charge in [-0.1, -0.05) is 11.6 Å². The molecule has 1 aromatic heterocycles. The number of nitrogens with one attached hydrogen (secondary N) is 2. The molecule has 4 aliphatic heterocycles. The molecule has 1 unspecified atom stereocenters. The van der Waals surface area contributed by atoms with E-state index < -0.39 is 52.4 Å². The number of piperazine rings is 1. The van der Waals surface area contributed by atoms with Crippen LogP contribution in [0, 0.1) is 28.9 Å². The van der Waals surface area contributed by atoms with Gasteiger partial charge in [-0.2, -0.15) is 5.26 Å². The summed E-state index contributed by atoms with van der Waals surface area (Å²) in [5.41, 5.74) is -0.700. The third-order valence-corrected chi connectivity index (χ3v) is 12.3. The first-order chi connectivity index (χ1) is 28.5. The Balaban J connectivity index is 0.776. The van der Waals surface area contributed by atoms with Gasteiger partial charge in [0.05, 0.1) is 27.8 Å². The van der Waals surface area contributed by atoms with E-state index in [2.05, 4.69) is 30.6 Å². The van der Waals surface area contributed by atoms with Gasteiger partial charge in [0.25, 0.3) is 17.7 Å². The van der Waals surface area contributed by atoms with Gasteiger partial charge in [-0.25, -0.2) is 8.78 Å². The van der Waals surface area contributed by atoms with Gasteiger partial charge in [0.2, 0.25) is 11.8 Å². The van der Waals surface area contributed by atoms with Crippen molar-refractivity contribution in [3.63, 3.8) is 0 Å². The van der Waals surface area contributed by atoms with E-state index in [4.69, 9.17) is 21.6 Å². The molecule has 0 radical (unpaired) electrons. The van der Waals surface area contributed by atoms with Crippen molar-refractivity contribution in [3.05, 3.63) is 75.4 Å². The number of carbonyl (C=O) groups excluding carboxylic acids is 5. The zero-order valence-corrected chi connectivity index (χ0v) is 32.8. The number of anilines is 2. The molecule has 2 aromatic carbocycles. The topological polar surface area (TPSA) is 181 Å². The van der Waals surface area contributed by atoms with E-state index in [0.29, 0.717) is 59.2 Å². The quantitative estimate of drug-likeness (QED) is 0.298. The molecule has 5 amide bonds. The Bertz CT molecular complexity index is 2220. The number of fused-ring (bicyclic) bond motifs is 1. The summed E-state index contributed by atoms with van der Waals surface area (Å²) in [5.74, 6) is -3.96. The average Bonchev–Trinajstić information content (AvgIpc) is 3.47. The molecule has 18 heteroatoms. The van der Waals surface area contributed by atoms with Crippen LogP contribution in [0.3, 0.4) is 0 Å². The first kappa shape index (κ1) is 40.1. The number of ether oxygens (including phenoxy) is 1. The molecule has 4 fully saturated rings. The Labute approximate surface area is 343 Å². The number of aromatic nitrogens is 2. The lowest BCUT2D eigenvalue weighted by Gasteiger charge is -2.40. The standard InChI is InChI=1S/C41H42ClF2N9O6/c42-29-19-27(4-1-24(29)21-45)59-26-5-2-25(3-6-26)46-38(55)31-7-9-33(49-48-31)51-13-11-23(12-14-51)22-50-15-17-52(18-16-50)37-30(43)20-28-35(36(37)44)41(58)53(40(28)57)32-8-10-34(54)47-39(32)56/h1,4,7,9,19-20,23,25-26,32H,2-3,5-6,8,10-18,22H2,(H,46,55)(H,47,54,56)/t25-,26-,32?. The van der Waals surface area contributed by atoms with E-state index in [1.165, 1.54) is 0 Å². The molecular weight excluding hydrogens is 788 g/mol. The van der Waals surface area contributed by atoms with Crippen LogP contribution in [0.4, 0.5) is 20.3 Å². The van der Waals surface area contributed by atoms with Crippen LogP contribution < -0.4 is 25.2 Å². The minimum absolute atomic E-state index is 0.00527. The normalized spacial score (nSPS) is 22.9. The molecule has 59 heavy (non-hydrogen) atoms. The summed E-state index contributed by atoms with van der Waals surface area (Å²) in [6.07, 6.45) is 4.66. The third-order valence-electron chi connectivity index (χ3n) is 12.0. The summed E-state index contributed by atoms with van der Waals surface area (Å²) in [6.45, 7) is 4.05. The first-order valence-corrected chi connectivity index (χ1v) is 20.3. The lowest BCUT2D eigenvalue weighted by molar-refractivity contribution is -0.136. The minimum Gasteiger partial charge on any atom is -0.490 e. The molecule has 0 bridgehead atoms. The predicted octanol–water partition coefficient (Wildman–Crippen LogP) is 3.84. The van der Waals surface area contributed by atoms with Crippen molar-refractivity contribution in [3.8, 4) is 11.8 Å².